The summed E-state index contributed by atoms with van der Waals surface area (Å²) in [6, 6.07) is 17.8. The van der Waals surface area contributed by atoms with Crippen LogP contribution in [0.25, 0.3) is 11.1 Å². The first kappa shape index (κ1) is 22.9. The molecule has 3 nitrogen and oxygen atoms in total. The molecular formula is C30H26F3NO2. The van der Waals surface area contributed by atoms with Gasteiger partial charge in [0.05, 0.1) is 6.04 Å². The van der Waals surface area contributed by atoms with Crippen molar-refractivity contribution in [2.24, 2.45) is 0 Å². The van der Waals surface area contributed by atoms with Gasteiger partial charge in [-0.05, 0) is 66.0 Å². The summed E-state index contributed by atoms with van der Waals surface area (Å²) in [6.07, 6.45) is 5.04. The van der Waals surface area contributed by atoms with Gasteiger partial charge < -0.3 is 4.74 Å². The van der Waals surface area contributed by atoms with E-state index in [1.165, 1.54) is 22.3 Å². The molecule has 36 heavy (non-hydrogen) atoms. The Balaban J connectivity index is 1.19. The molecule has 1 saturated heterocycles. The van der Waals surface area contributed by atoms with Gasteiger partial charge in [0.15, 0.2) is 11.6 Å². The quantitative estimate of drug-likeness (QED) is 0.288. The Bertz CT molecular complexity index is 1320. The summed E-state index contributed by atoms with van der Waals surface area (Å²) in [4.78, 5) is 15.1. The van der Waals surface area contributed by atoms with Crippen LogP contribution in [-0.2, 0) is 11.2 Å². The van der Waals surface area contributed by atoms with Crippen LogP contribution in [-0.4, -0.2) is 29.7 Å². The fourth-order valence-electron chi connectivity index (χ4n) is 6.15. The Hall–Kier alpha value is -3.54. The van der Waals surface area contributed by atoms with Crippen molar-refractivity contribution >= 4 is 6.09 Å². The summed E-state index contributed by atoms with van der Waals surface area (Å²) in [5.41, 5.74) is 5.77. The van der Waals surface area contributed by atoms with Crippen LogP contribution in [0.3, 0.4) is 0 Å². The SMILES string of the molecule is O=C(OCC1c2ccccc2-c2ccccc21)N1C2C=C(Cc3cc(F)c(F)cc3F)CC1CCC2. The van der Waals surface area contributed by atoms with Crippen molar-refractivity contribution in [3.05, 3.63) is 106 Å². The molecule has 3 aliphatic rings. The molecule has 0 N–H and O–H groups in total. The number of fused-ring (bicyclic) bond motifs is 5. The van der Waals surface area contributed by atoms with E-state index >= 15 is 0 Å². The largest absolute Gasteiger partial charge is 0.448 e. The summed E-state index contributed by atoms with van der Waals surface area (Å²) in [5.74, 6) is -3.00. The fraction of sp³-hybridized carbons (Fsp3) is 0.300. The number of halogens is 3. The van der Waals surface area contributed by atoms with Gasteiger partial charge in [0.2, 0.25) is 0 Å². The zero-order valence-electron chi connectivity index (χ0n) is 19.7. The Kier molecular flexibility index (Phi) is 5.82. The average molecular weight is 490 g/mol. The molecule has 0 saturated carbocycles. The monoisotopic (exact) mass is 489 g/mol. The molecule has 2 unspecified atom stereocenters. The highest BCUT2D eigenvalue weighted by Crippen LogP contribution is 2.45. The van der Waals surface area contributed by atoms with Crippen molar-refractivity contribution in [1.29, 1.82) is 0 Å². The van der Waals surface area contributed by atoms with Gasteiger partial charge in [-0.2, -0.15) is 0 Å². The van der Waals surface area contributed by atoms with E-state index < -0.39 is 17.5 Å². The Labute approximate surface area is 208 Å². The van der Waals surface area contributed by atoms with Gasteiger partial charge in [-0.15, -0.1) is 0 Å². The van der Waals surface area contributed by atoms with Crippen molar-refractivity contribution in [2.45, 2.75) is 50.1 Å². The number of nitrogens with zero attached hydrogens (tertiary/aromatic N) is 1. The van der Waals surface area contributed by atoms with Crippen LogP contribution < -0.4 is 0 Å². The van der Waals surface area contributed by atoms with Gasteiger partial charge in [-0.1, -0.05) is 60.2 Å². The van der Waals surface area contributed by atoms with E-state index in [0.29, 0.717) is 12.5 Å². The lowest BCUT2D eigenvalue weighted by atomic mass is 9.83. The molecule has 3 aromatic rings. The summed E-state index contributed by atoms with van der Waals surface area (Å²) in [7, 11) is 0. The molecular weight excluding hydrogens is 463 g/mol. The lowest BCUT2D eigenvalue weighted by Crippen LogP contribution is -2.52. The van der Waals surface area contributed by atoms with Gasteiger partial charge in [0.1, 0.15) is 12.4 Å². The van der Waals surface area contributed by atoms with Crippen LogP contribution >= 0.6 is 0 Å². The molecule has 2 aliphatic heterocycles. The van der Waals surface area contributed by atoms with Crippen LogP contribution in [0.2, 0.25) is 0 Å². The van der Waals surface area contributed by atoms with Gasteiger partial charge in [0, 0.05) is 18.0 Å². The van der Waals surface area contributed by atoms with E-state index in [-0.39, 0.29) is 42.7 Å². The minimum absolute atomic E-state index is 0.00608. The number of benzene rings is 3. The molecule has 0 spiro atoms. The first-order valence-corrected chi connectivity index (χ1v) is 12.5. The molecule has 1 aliphatic carbocycles. The highest BCUT2D eigenvalue weighted by Gasteiger charge is 2.39. The zero-order chi connectivity index (χ0) is 24.8. The number of carbonyl (C=O) groups is 1. The summed E-state index contributed by atoms with van der Waals surface area (Å²) in [6.45, 7) is 0.263. The van der Waals surface area contributed by atoms with Crippen LogP contribution in [0.15, 0.2) is 72.3 Å². The normalized spacial score (nSPS) is 20.5. The molecule has 0 aromatic heterocycles. The first-order chi connectivity index (χ1) is 17.5. The molecule has 2 heterocycles. The minimum Gasteiger partial charge on any atom is -0.448 e. The third-order valence-electron chi connectivity index (χ3n) is 7.77. The molecule has 184 valence electrons. The van der Waals surface area contributed by atoms with Crippen molar-refractivity contribution in [3.8, 4) is 11.1 Å². The maximum absolute atomic E-state index is 14.2. The third-order valence-corrected chi connectivity index (χ3v) is 7.77. The summed E-state index contributed by atoms with van der Waals surface area (Å²) >= 11 is 0. The smallest absolute Gasteiger partial charge is 0.410 e. The number of piperidine rings is 1. The minimum atomic E-state index is -1.19. The molecule has 6 rings (SSSR count). The van der Waals surface area contributed by atoms with Gasteiger partial charge >= 0.3 is 6.09 Å². The lowest BCUT2D eigenvalue weighted by Gasteiger charge is -2.44. The maximum Gasteiger partial charge on any atom is 0.410 e. The predicted octanol–water partition coefficient (Wildman–Crippen LogP) is 7.15. The highest BCUT2D eigenvalue weighted by molar-refractivity contribution is 5.79. The van der Waals surface area contributed by atoms with Crippen LogP contribution in [0.5, 0.6) is 0 Å². The summed E-state index contributed by atoms with van der Waals surface area (Å²) in [5, 5.41) is 0. The van der Waals surface area contributed by atoms with Crippen LogP contribution in [0.1, 0.15) is 48.3 Å². The van der Waals surface area contributed by atoms with E-state index in [0.717, 1.165) is 30.9 Å². The number of ether oxygens (including phenoxy) is 1. The number of hydrogen-bond acceptors (Lipinski definition) is 2. The second kappa shape index (κ2) is 9.16. The molecule has 3 aromatic carbocycles. The third kappa shape index (κ3) is 3.98. The van der Waals surface area contributed by atoms with Gasteiger partial charge in [-0.25, -0.2) is 18.0 Å². The molecule has 1 amide bonds. The number of amides is 1. The van der Waals surface area contributed by atoms with Crippen molar-refractivity contribution in [2.75, 3.05) is 6.61 Å². The number of rotatable bonds is 4. The van der Waals surface area contributed by atoms with Crippen LogP contribution in [0.4, 0.5) is 18.0 Å². The second-order valence-corrected chi connectivity index (χ2v) is 9.93. The molecule has 1 fully saturated rings. The maximum atomic E-state index is 14.2. The van der Waals surface area contributed by atoms with Crippen LogP contribution in [0, 0.1) is 17.5 Å². The molecule has 6 heteroatoms. The molecule has 0 radical (unpaired) electrons. The van der Waals surface area contributed by atoms with E-state index in [2.05, 4.69) is 24.3 Å². The molecule has 2 bridgehead atoms. The summed E-state index contributed by atoms with van der Waals surface area (Å²) < 4.78 is 47.2. The lowest BCUT2D eigenvalue weighted by molar-refractivity contribution is 0.0509. The van der Waals surface area contributed by atoms with E-state index in [4.69, 9.17) is 4.74 Å². The predicted molar refractivity (Wildman–Crippen MR) is 131 cm³/mol. The number of carbonyl (C=O) groups excluding carboxylic acids is 1. The zero-order valence-corrected chi connectivity index (χ0v) is 19.7. The van der Waals surface area contributed by atoms with Crippen molar-refractivity contribution < 1.29 is 22.7 Å². The van der Waals surface area contributed by atoms with E-state index in [1.807, 2.05) is 35.2 Å². The van der Waals surface area contributed by atoms with Gasteiger partial charge in [0.25, 0.3) is 0 Å². The Morgan fingerprint density at radius 1 is 0.889 bits per heavy atom. The Morgan fingerprint density at radius 3 is 2.25 bits per heavy atom. The first-order valence-electron chi connectivity index (χ1n) is 12.5. The highest BCUT2D eigenvalue weighted by atomic mass is 19.2. The molecule has 2 atom stereocenters. The number of hydrogen-bond donors (Lipinski definition) is 0. The second-order valence-electron chi connectivity index (χ2n) is 9.93. The topological polar surface area (TPSA) is 29.5 Å². The average Bonchev–Trinajstić information content (AvgIpc) is 3.19. The van der Waals surface area contributed by atoms with E-state index in [9.17, 15) is 18.0 Å². The van der Waals surface area contributed by atoms with E-state index in [1.54, 1.807) is 0 Å². The van der Waals surface area contributed by atoms with Crippen molar-refractivity contribution in [1.82, 2.24) is 4.90 Å². The van der Waals surface area contributed by atoms with Gasteiger partial charge in [-0.3, -0.25) is 4.90 Å². The van der Waals surface area contributed by atoms with Crippen molar-refractivity contribution in [3.63, 3.8) is 0 Å². The standard InChI is InChI=1S/C30H26F3NO2/c31-27-16-29(33)28(32)15-19(27)12-18-13-20-6-5-7-21(14-18)34(20)30(35)36-17-26-24-10-3-1-8-22(24)23-9-2-4-11-25(23)26/h1-4,8-11,13,15-16,20-21,26H,5-7,12,14,17H2. The fourth-order valence-corrected chi connectivity index (χ4v) is 6.15. The Morgan fingerprint density at radius 2 is 1.56 bits per heavy atom.